The molecule has 2 rings (SSSR count). The van der Waals surface area contributed by atoms with Crippen LogP contribution in [0.25, 0.3) is 0 Å². The van der Waals surface area contributed by atoms with Crippen LogP contribution in [0, 0.1) is 5.41 Å². The summed E-state index contributed by atoms with van der Waals surface area (Å²) >= 11 is 6.16. The van der Waals surface area contributed by atoms with E-state index < -0.39 is 0 Å². The number of rotatable bonds is 5. The van der Waals surface area contributed by atoms with E-state index in [0.29, 0.717) is 5.41 Å². The van der Waals surface area contributed by atoms with Crippen molar-refractivity contribution < 1.29 is 0 Å². The summed E-state index contributed by atoms with van der Waals surface area (Å²) in [5.41, 5.74) is 8.09. The highest BCUT2D eigenvalue weighted by Gasteiger charge is 2.35. The lowest BCUT2D eigenvalue weighted by Gasteiger charge is -2.45. The van der Waals surface area contributed by atoms with Gasteiger partial charge >= 0.3 is 0 Å². The standard InChI is InChI=1S/C18H29ClN2/c1-4-18(5-2)9-11-21(12-10-18)17(14(3)20)15-7-6-8-16(19)13-15/h6-8,13-14,17H,4-5,9-12,20H2,1-3H3. The fraction of sp³-hybridized carbons (Fsp3) is 0.667. The van der Waals surface area contributed by atoms with Crippen molar-refractivity contribution in [1.82, 2.24) is 4.90 Å². The molecule has 1 saturated heterocycles. The van der Waals surface area contributed by atoms with Crippen molar-refractivity contribution in [3.05, 3.63) is 34.9 Å². The van der Waals surface area contributed by atoms with E-state index in [0.717, 1.165) is 18.1 Å². The fourth-order valence-electron chi connectivity index (χ4n) is 3.77. The highest BCUT2D eigenvalue weighted by molar-refractivity contribution is 6.30. The zero-order chi connectivity index (χ0) is 15.5. The molecule has 3 heteroatoms. The Balaban J connectivity index is 2.14. The third-order valence-electron chi connectivity index (χ3n) is 5.44. The molecule has 118 valence electrons. The van der Waals surface area contributed by atoms with Gasteiger partial charge in [0.15, 0.2) is 0 Å². The number of likely N-dealkylation sites (tertiary alicyclic amines) is 1. The average molecular weight is 309 g/mol. The predicted octanol–water partition coefficient (Wildman–Crippen LogP) is 4.63. The Kier molecular flexibility index (Phi) is 5.70. The summed E-state index contributed by atoms with van der Waals surface area (Å²) in [6.45, 7) is 9.05. The first-order valence-electron chi connectivity index (χ1n) is 8.26. The van der Waals surface area contributed by atoms with E-state index >= 15 is 0 Å². The smallest absolute Gasteiger partial charge is 0.0497 e. The Morgan fingerprint density at radius 3 is 2.33 bits per heavy atom. The summed E-state index contributed by atoms with van der Waals surface area (Å²) in [5, 5.41) is 0.798. The number of benzene rings is 1. The van der Waals surface area contributed by atoms with Crippen LogP contribution in [0.4, 0.5) is 0 Å². The van der Waals surface area contributed by atoms with Gasteiger partial charge in [0, 0.05) is 17.1 Å². The second-order valence-electron chi connectivity index (χ2n) is 6.60. The van der Waals surface area contributed by atoms with Gasteiger partial charge in [-0.25, -0.2) is 0 Å². The van der Waals surface area contributed by atoms with Crippen molar-refractivity contribution in [1.29, 1.82) is 0 Å². The van der Waals surface area contributed by atoms with Gasteiger partial charge in [-0.05, 0) is 56.0 Å². The van der Waals surface area contributed by atoms with Crippen molar-refractivity contribution in [2.24, 2.45) is 11.1 Å². The molecule has 0 aromatic heterocycles. The molecule has 1 aliphatic heterocycles. The minimum absolute atomic E-state index is 0.110. The van der Waals surface area contributed by atoms with Gasteiger partial charge in [-0.3, -0.25) is 4.90 Å². The molecule has 0 saturated carbocycles. The van der Waals surface area contributed by atoms with E-state index in [1.165, 1.54) is 31.2 Å². The van der Waals surface area contributed by atoms with Crippen LogP contribution in [0.15, 0.2) is 24.3 Å². The lowest BCUT2D eigenvalue weighted by atomic mass is 9.73. The molecule has 2 N–H and O–H groups in total. The summed E-state index contributed by atoms with van der Waals surface area (Å²) in [7, 11) is 0. The van der Waals surface area contributed by atoms with E-state index in [-0.39, 0.29) is 12.1 Å². The van der Waals surface area contributed by atoms with Crippen LogP contribution in [0.2, 0.25) is 5.02 Å². The lowest BCUT2D eigenvalue weighted by molar-refractivity contribution is 0.0587. The van der Waals surface area contributed by atoms with E-state index in [2.05, 4.69) is 37.8 Å². The summed E-state index contributed by atoms with van der Waals surface area (Å²) in [6, 6.07) is 8.56. The van der Waals surface area contributed by atoms with Crippen LogP contribution in [0.5, 0.6) is 0 Å². The third-order valence-corrected chi connectivity index (χ3v) is 5.68. The van der Waals surface area contributed by atoms with Gasteiger partial charge in [0.2, 0.25) is 0 Å². The fourth-order valence-corrected chi connectivity index (χ4v) is 3.97. The molecule has 1 aromatic carbocycles. The monoisotopic (exact) mass is 308 g/mol. The van der Waals surface area contributed by atoms with Crippen molar-refractivity contribution >= 4 is 11.6 Å². The molecule has 2 unspecified atom stereocenters. The lowest BCUT2D eigenvalue weighted by Crippen LogP contribution is -2.46. The van der Waals surface area contributed by atoms with Crippen LogP contribution >= 0.6 is 11.6 Å². The highest BCUT2D eigenvalue weighted by atomic mass is 35.5. The van der Waals surface area contributed by atoms with Gasteiger partial charge in [-0.2, -0.15) is 0 Å². The number of halogens is 1. The first-order valence-corrected chi connectivity index (χ1v) is 8.64. The van der Waals surface area contributed by atoms with Crippen LogP contribution in [0.3, 0.4) is 0 Å². The Morgan fingerprint density at radius 2 is 1.86 bits per heavy atom. The summed E-state index contributed by atoms with van der Waals surface area (Å²) in [5.74, 6) is 0. The predicted molar refractivity (Wildman–Crippen MR) is 91.7 cm³/mol. The Morgan fingerprint density at radius 1 is 1.24 bits per heavy atom. The van der Waals surface area contributed by atoms with Crippen LogP contribution < -0.4 is 5.73 Å². The quantitative estimate of drug-likeness (QED) is 0.859. The number of nitrogens with two attached hydrogens (primary N) is 1. The van der Waals surface area contributed by atoms with E-state index in [4.69, 9.17) is 17.3 Å². The van der Waals surface area contributed by atoms with Gasteiger partial charge in [-0.15, -0.1) is 0 Å². The maximum absolute atomic E-state index is 6.30. The maximum atomic E-state index is 6.30. The molecule has 1 fully saturated rings. The minimum Gasteiger partial charge on any atom is -0.326 e. The zero-order valence-corrected chi connectivity index (χ0v) is 14.4. The average Bonchev–Trinajstić information content (AvgIpc) is 2.48. The van der Waals surface area contributed by atoms with Crippen molar-refractivity contribution in [3.63, 3.8) is 0 Å². The molecule has 0 amide bonds. The molecule has 0 spiro atoms. The number of piperidine rings is 1. The molecule has 21 heavy (non-hydrogen) atoms. The number of nitrogens with zero attached hydrogens (tertiary/aromatic N) is 1. The van der Waals surface area contributed by atoms with Crippen molar-refractivity contribution in [2.45, 2.75) is 58.5 Å². The van der Waals surface area contributed by atoms with Crippen LogP contribution in [-0.2, 0) is 0 Å². The van der Waals surface area contributed by atoms with E-state index in [1.807, 2.05) is 12.1 Å². The zero-order valence-electron chi connectivity index (χ0n) is 13.6. The molecule has 1 heterocycles. The summed E-state index contributed by atoms with van der Waals surface area (Å²) in [4.78, 5) is 2.56. The normalized spacial score (nSPS) is 22.0. The molecular formula is C18H29ClN2. The molecule has 0 bridgehead atoms. The highest BCUT2D eigenvalue weighted by Crippen LogP contribution is 2.40. The summed E-state index contributed by atoms with van der Waals surface area (Å²) in [6.07, 6.45) is 5.14. The molecule has 0 radical (unpaired) electrons. The minimum atomic E-state index is 0.110. The molecule has 1 aliphatic rings. The van der Waals surface area contributed by atoms with Gasteiger partial charge in [-0.1, -0.05) is 50.4 Å². The Hall–Kier alpha value is -0.570. The first kappa shape index (κ1) is 16.8. The van der Waals surface area contributed by atoms with Gasteiger partial charge in [0.1, 0.15) is 0 Å². The molecule has 2 nitrogen and oxygen atoms in total. The number of hydrogen-bond donors (Lipinski definition) is 1. The second kappa shape index (κ2) is 7.13. The maximum Gasteiger partial charge on any atom is 0.0497 e. The molecule has 1 aromatic rings. The molecule has 0 aliphatic carbocycles. The number of hydrogen-bond acceptors (Lipinski definition) is 2. The Labute approximate surface area is 134 Å². The molecule has 2 atom stereocenters. The molecular weight excluding hydrogens is 280 g/mol. The van der Waals surface area contributed by atoms with Crippen LogP contribution in [-0.4, -0.2) is 24.0 Å². The van der Waals surface area contributed by atoms with Crippen molar-refractivity contribution in [3.8, 4) is 0 Å². The van der Waals surface area contributed by atoms with Crippen LogP contribution in [0.1, 0.15) is 58.1 Å². The third kappa shape index (κ3) is 3.80. The van der Waals surface area contributed by atoms with E-state index in [9.17, 15) is 0 Å². The first-order chi connectivity index (χ1) is 10.0. The van der Waals surface area contributed by atoms with Crippen molar-refractivity contribution in [2.75, 3.05) is 13.1 Å². The van der Waals surface area contributed by atoms with E-state index in [1.54, 1.807) is 0 Å². The van der Waals surface area contributed by atoms with Gasteiger partial charge < -0.3 is 5.73 Å². The second-order valence-corrected chi connectivity index (χ2v) is 7.04. The topological polar surface area (TPSA) is 29.3 Å². The summed E-state index contributed by atoms with van der Waals surface area (Å²) < 4.78 is 0. The SMILES string of the molecule is CCC1(CC)CCN(C(c2cccc(Cl)c2)C(C)N)CC1. The largest absolute Gasteiger partial charge is 0.326 e. The Bertz CT molecular complexity index is 444. The van der Waals surface area contributed by atoms with Gasteiger partial charge in [0.25, 0.3) is 0 Å². The van der Waals surface area contributed by atoms with Gasteiger partial charge in [0.05, 0.1) is 0 Å².